The molecule has 1 aromatic rings. The fourth-order valence-electron chi connectivity index (χ4n) is 3.33. The molecule has 0 fully saturated rings. The van der Waals surface area contributed by atoms with E-state index in [1.54, 1.807) is 0 Å². The standard InChI is InChI=1S/C24H35ClN2O8/c1-3-5-11-27(12-6-4-2)13-7-10-26-22(31)18-14-17(25)8-9-19(18)35-21(30)16-24(34,23(32)33)15-20(28)29/h8-9,14,34H,3-7,10-13,15-16H2,1-2H3,(H,26,31)(H,28,29)(H,32,33). The van der Waals surface area contributed by atoms with Crippen LogP contribution in [-0.4, -0.2) is 75.8 Å². The molecule has 11 heteroatoms. The van der Waals surface area contributed by atoms with Crippen LogP contribution in [0.15, 0.2) is 18.2 Å². The quantitative estimate of drug-likeness (QED) is 0.139. The van der Waals surface area contributed by atoms with Gasteiger partial charge in [-0.25, -0.2) is 4.79 Å². The van der Waals surface area contributed by atoms with Crippen molar-refractivity contribution >= 4 is 35.4 Å². The van der Waals surface area contributed by atoms with Crippen LogP contribution in [0.25, 0.3) is 0 Å². The van der Waals surface area contributed by atoms with Gasteiger partial charge < -0.3 is 30.3 Å². The van der Waals surface area contributed by atoms with Crippen molar-refractivity contribution in [2.24, 2.45) is 0 Å². The first-order valence-corrected chi connectivity index (χ1v) is 12.1. The number of nitrogens with zero attached hydrogens (tertiary/aromatic N) is 1. The molecule has 1 amide bonds. The first kappa shape index (κ1) is 30.3. The molecule has 1 aromatic carbocycles. The molecule has 1 rings (SSSR count). The minimum atomic E-state index is -2.85. The molecule has 1 unspecified atom stereocenters. The van der Waals surface area contributed by atoms with E-state index in [0.717, 1.165) is 51.7 Å². The molecule has 196 valence electrons. The number of unbranched alkanes of at least 4 members (excludes halogenated alkanes) is 2. The molecule has 10 nitrogen and oxygen atoms in total. The Kier molecular flexibility index (Phi) is 13.3. The van der Waals surface area contributed by atoms with Crippen molar-refractivity contribution in [3.05, 3.63) is 28.8 Å². The SMILES string of the molecule is CCCCN(CCCC)CCCNC(=O)c1cc(Cl)ccc1OC(=O)CC(O)(CC(=O)O)C(=O)O. The van der Waals surface area contributed by atoms with Crippen LogP contribution in [0.4, 0.5) is 0 Å². The highest BCUT2D eigenvalue weighted by Gasteiger charge is 2.41. The average molecular weight is 515 g/mol. The lowest BCUT2D eigenvalue weighted by atomic mass is 9.96. The summed E-state index contributed by atoms with van der Waals surface area (Å²) >= 11 is 5.99. The van der Waals surface area contributed by atoms with Gasteiger partial charge in [0.2, 0.25) is 0 Å². The Morgan fingerprint density at radius 1 is 1.00 bits per heavy atom. The molecular weight excluding hydrogens is 480 g/mol. The van der Waals surface area contributed by atoms with E-state index >= 15 is 0 Å². The van der Waals surface area contributed by atoms with Crippen LogP contribution in [0.1, 0.15) is 69.2 Å². The van der Waals surface area contributed by atoms with Crippen LogP contribution in [0.3, 0.4) is 0 Å². The molecule has 4 N–H and O–H groups in total. The average Bonchev–Trinajstić information content (AvgIpc) is 2.78. The largest absolute Gasteiger partial charge is 0.481 e. The third kappa shape index (κ3) is 11.1. The van der Waals surface area contributed by atoms with Crippen molar-refractivity contribution < 1.29 is 39.2 Å². The summed E-state index contributed by atoms with van der Waals surface area (Å²) in [6.07, 6.45) is 2.83. The molecule has 0 aliphatic carbocycles. The molecule has 0 radical (unpaired) electrons. The fourth-order valence-corrected chi connectivity index (χ4v) is 3.50. The van der Waals surface area contributed by atoms with Crippen molar-refractivity contribution in [2.45, 2.75) is 64.4 Å². The first-order valence-electron chi connectivity index (χ1n) is 11.7. The molecular formula is C24H35ClN2O8. The number of aliphatic hydroxyl groups is 1. The van der Waals surface area contributed by atoms with Gasteiger partial charge in [-0.3, -0.25) is 14.4 Å². The van der Waals surface area contributed by atoms with Gasteiger partial charge in [-0.15, -0.1) is 0 Å². The maximum absolute atomic E-state index is 12.7. The molecule has 0 bridgehead atoms. The Balaban J connectivity index is 2.78. The lowest BCUT2D eigenvalue weighted by Gasteiger charge is -2.22. The Morgan fingerprint density at radius 3 is 2.14 bits per heavy atom. The van der Waals surface area contributed by atoms with Crippen LogP contribution >= 0.6 is 11.6 Å². The third-order valence-electron chi connectivity index (χ3n) is 5.28. The number of carboxylic acid groups (broad SMARTS) is 2. The molecule has 0 heterocycles. The van der Waals surface area contributed by atoms with Gasteiger partial charge in [-0.1, -0.05) is 38.3 Å². The van der Waals surface area contributed by atoms with Crippen LogP contribution in [0.2, 0.25) is 5.02 Å². The summed E-state index contributed by atoms with van der Waals surface area (Å²) in [7, 11) is 0. The Hall–Kier alpha value is -2.69. The number of halogens is 1. The first-order chi connectivity index (χ1) is 16.5. The van der Waals surface area contributed by atoms with Crippen molar-refractivity contribution in [3.63, 3.8) is 0 Å². The number of ether oxygens (including phenoxy) is 1. The summed E-state index contributed by atoms with van der Waals surface area (Å²) in [5, 5.41) is 31.0. The molecule has 0 spiro atoms. The van der Waals surface area contributed by atoms with E-state index in [4.69, 9.17) is 26.6 Å². The molecule has 1 atom stereocenters. The van der Waals surface area contributed by atoms with Gasteiger partial charge in [0.05, 0.1) is 18.4 Å². The lowest BCUT2D eigenvalue weighted by molar-refractivity contribution is -0.169. The predicted octanol–water partition coefficient (Wildman–Crippen LogP) is 2.95. The Morgan fingerprint density at radius 2 is 1.60 bits per heavy atom. The number of benzene rings is 1. The van der Waals surface area contributed by atoms with Crippen molar-refractivity contribution in [1.29, 1.82) is 0 Å². The van der Waals surface area contributed by atoms with E-state index in [9.17, 15) is 24.3 Å². The van der Waals surface area contributed by atoms with Gasteiger partial charge in [-0.2, -0.15) is 0 Å². The van der Waals surface area contributed by atoms with E-state index < -0.39 is 42.3 Å². The topological polar surface area (TPSA) is 153 Å². The molecule has 0 aliphatic heterocycles. The van der Waals surface area contributed by atoms with Crippen molar-refractivity contribution in [3.8, 4) is 5.75 Å². The van der Waals surface area contributed by atoms with E-state index in [1.165, 1.54) is 18.2 Å². The van der Waals surface area contributed by atoms with Gasteiger partial charge in [-0.05, 0) is 57.1 Å². The minimum Gasteiger partial charge on any atom is -0.481 e. The Bertz CT molecular complexity index is 871. The number of hydrogen-bond acceptors (Lipinski definition) is 7. The number of amides is 1. The van der Waals surface area contributed by atoms with Crippen LogP contribution < -0.4 is 10.1 Å². The van der Waals surface area contributed by atoms with Gasteiger partial charge in [0.15, 0.2) is 5.60 Å². The van der Waals surface area contributed by atoms with Crippen molar-refractivity contribution in [2.75, 3.05) is 26.2 Å². The summed E-state index contributed by atoms with van der Waals surface area (Å²) < 4.78 is 5.10. The summed E-state index contributed by atoms with van der Waals surface area (Å²) in [5.41, 5.74) is -2.89. The normalized spacial score (nSPS) is 12.7. The van der Waals surface area contributed by atoms with Gasteiger partial charge >= 0.3 is 17.9 Å². The molecule has 0 aromatic heterocycles. The summed E-state index contributed by atoms with van der Waals surface area (Å²) in [4.78, 5) is 49.5. The predicted molar refractivity (Wildman–Crippen MR) is 130 cm³/mol. The van der Waals surface area contributed by atoms with E-state index in [0.29, 0.717) is 6.54 Å². The van der Waals surface area contributed by atoms with E-state index in [-0.39, 0.29) is 16.3 Å². The van der Waals surface area contributed by atoms with Gasteiger partial charge in [0.25, 0.3) is 5.91 Å². The fraction of sp³-hybridized carbons (Fsp3) is 0.583. The zero-order chi connectivity index (χ0) is 26.4. The number of carbonyl (C=O) groups excluding carboxylic acids is 2. The van der Waals surface area contributed by atoms with Crippen LogP contribution in [0.5, 0.6) is 5.75 Å². The van der Waals surface area contributed by atoms with Crippen LogP contribution in [-0.2, 0) is 14.4 Å². The number of carbonyl (C=O) groups is 4. The number of aliphatic carboxylic acids is 2. The lowest BCUT2D eigenvalue weighted by Crippen LogP contribution is -2.43. The number of hydrogen-bond donors (Lipinski definition) is 4. The van der Waals surface area contributed by atoms with E-state index in [2.05, 4.69) is 24.1 Å². The maximum atomic E-state index is 12.7. The summed E-state index contributed by atoms with van der Waals surface area (Å²) in [6.45, 7) is 7.50. The monoisotopic (exact) mass is 514 g/mol. The molecule has 0 saturated carbocycles. The van der Waals surface area contributed by atoms with Gasteiger partial charge in [0, 0.05) is 11.6 Å². The van der Waals surface area contributed by atoms with E-state index in [1.807, 2.05) is 0 Å². The number of carboxylic acids is 2. The highest BCUT2D eigenvalue weighted by atomic mass is 35.5. The molecule has 35 heavy (non-hydrogen) atoms. The highest BCUT2D eigenvalue weighted by Crippen LogP contribution is 2.25. The summed E-state index contributed by atoms with van der Waals surface area (Å²) in [5.74, 6) is -5.42. The number of rotatable bonds is 17. The third-order valence-corrected chi connectivity index (χ3v) is 5.52. The molecule has 0 aliphatic rings. The second kappa shape index (κ2) is 15.3. The maximum Gasteiger partial charge on any atom is 0.336 e. The zero-order valence-corrected chi connectivity index (χ0v) is 21.0. The summed E-state index contributed by atoms with van der Waals surface area (Å²) in [6, 6.07) is 3.94. The Labute approximate surface area is 210 Å². The second-order valence-corrected chi connectivity index (χ2v) is 8.79. The smallest absolute Gasteiger partial charge is 0.336 e. The number of nitrogens with one attached hydrogen (secondary N) is 1. The molecule has 0 saturated heterocycles. The number of esters is 1. The highest BCUT2D eigenvalue weighted by molar-refractivity contribution is 6.31. The van der Waals surface area contributed by atoms with Crippen LogP contribution in [0, 0.1) is 0 Å². The second-order valence-electron chi connectivity index (χ2n) is 8.36. The van der Waals surface area contributed by atoms with Gasteiger partial charge in [0.1, 0.15) is 5.75 Å². The van der Waals surface area contributed by atoms with Crippen molar-refractivity contribution in [1.82, 2.24) is 10.2 Å². The minimum absolute atomic E-state index is 0.0447. The zero-order valence-electron chi connectivity index (χ0n) is 20.2.